The molecule has 4 amide bonds. The first-order valence-electron chi connectivity index (χ1n) is 20.3. The third-order valence-corrected chi connectivity index (χ3v) is 10.6. The lowest BCUT2D eigenvalue weighted by molar-refractivity contribution is -0.143. The number of fused-ring (bicyclic) bond motifs is 5. The highest BCUT2D eigenvalue weighted by atomic mass is 35.5. The lowest BCUT2D eigenvalue weighted by atomic mass is 9.93. The van der Waals surface area contributed by atoms with Crippen LogP contribution in [0.3, 0.4) is 0 Å². The van der Waals surface area contributed by atoms with Crippen LogP contribution in [0.1, 0.15) is 60.1 Å². The topological polar surface area (TPSA) is 241 Å². The quantitative estimate of drug-likeness (QED) is 0.0754. The molecule has 0 saturated carbocycles. The summed E-state index contributed by atoms with van der Waals surface area (Å²) in [5, 5.41) is 19.0. The molecule has 0 aromatic heterocycles. The van der Waals surface area contributed by atoms with E-state index in [1.165, 1.54) is 11.9 Å². The van der Waals surface area contributed by atoms with E-state index in [2.05, 4.69) is 16.0 Å². The van der Waals surface area contributed by atoms with Crippen LogP contribution in [0.25, 0.3) is 22.3 Å². The van der Waals surface area contributed by atoms with Crippen molar-refractivity contribution in [3.8, 4) is 33.8 Å². The van der Waals surface area contributed by atoms with E-state index in [1.54, 1.807) is 91.9 Å². The molecular formula is C45H54ClN7O8. The van der Waals surface area contributed by atoms with Crippen molar-refractivity contribution in [2.45, 2.75) is 63.2 Å². The van der Waals surface area contributed by atoms with Crippen LogP contribution in [0, 0.1) is 0 Å². The number of likely N-dealkylation sites (N-methyl/N-ethyl adjacent to an activating group) is 1. The maximum absolute atomic E-state index is 14.8. The van der Waals surface area contributed by atoms with Crippen molar-refractivity contribution >= 4 is 41.2 Å². The fourth-order valence-corrected chi connectivity index (χ4v) is 7.34. The summed E-state index contributed by atoms with van der Waals surface area (Å²) in [5.74, 6) is -3.04. The van der Waals surface area contributed by atoms with E-state index in [4.69, 9.17) is 38.3 Å². The molecule has 0 spiro atoms. The van der Waals surface area contributed by atoms with Crippen LogP contribution < -0.4 is 42.6 Å². The van der Waals surface area contributed by atoms with E-state index in [9.17, 15) is 29.1 Å². The maximum Gasteiger partial charge on any atom is 0.326 e. The molecule has 0 fully saturated rings. The molecule has 61 heavy (non-hydrogen) atoms. The number of carbonyl (C=O) groups is 5. The standard InChI is InChI=1S/C45H54ClN7O8/c1-3-35-42(55)52-37(45(58)59)25-27-11-17-38(60-22-20-48)33(24-27)34-26-29(14-18-39(34)61-23-21-49)40(43(56)50-35)53(2)44(57)36(10-6-7-19-47)51-41(54)32-9-5-4-8-31(32)28-12-15-30(46)16-13-28/h4-5,8-9,11-18,24,26,35-37,40H,3,6-7,10,19-23,25,47-49H2,1-2H3,(H,50,56)(H,51,54)(H,52,55)(H,58,59)/t35-,36-,37-,40-/m0/s1. The molecular weight excluding hydrogens is 802 g/mol. The van der Waals surface area contributed by atoms with Gasteiger partial charge in [-0.1, -0.05) is 61.0 Å². The Morgan fingerprint density at radius 2 is 1.49 bits per heavy atom. The summed E-state index contributed by atoms with van der Waals surface area (Å²) in [6, 6.07) is 19.2. The van der Waals surface area contributed by atoms with E-state index in [-0.39, 0.29) is 45.6 Å². The van der Waals surface area contributed by atoms with Crippen molar-refractivity contribution in [1.82, 2.24) is 20.9 Å². The van der Waals surface area contributed by atoms with Gasteiger partial charge in [0.25, 0.3) is 5.91 Å². The number of halogens is 1. The Morgan fingerprint density at radius 3 is 2.13 bits per heavy atom. The molecule has 1 heterocycles. The largest absolute Gasteiger partial charge is 0.492 e. The van der Waals surface area contributed by atoms with Crippen molar-refractivity contribution < 1.29 is 38.6 Å². The van der Waals surface area contributed by atoms with Gasteiger partial charge in [0.2, 0.25) is 17.7 Å². The third-order valence-electron chi connectivity index (χ3n) is 10.4. The smallest absolute Gasteiger partial charge is 0.326 e. The number of hydrogen-bond donors (Lipinski definition) is 7. The molecule has 324 valence electrons. The molecule has 4 aromatic rings. The Bertz CT molecular complexity index is 2190. The predicted molar refractivity (Wildman–Crippen MR) is 233 cm³/mol. The molecule has 1 aliphatic rings. The van der Waals surface area contributed by atoms with Crippen LogP contribution in [0.5, 0.6) is 11.5 Å². The van der Waals surface area contributed by atoms with Crippen molar-refractivity contribution in [2.24, 2.45) is 17.2 Å². The van der Waals surface area contributed by atoms with E-state index in [0.717, 1.165) is 5.56 Å². The van der Waals surface area contributed by atoms with Gasteiger partial charge in [0.05, 0.1) is 0 Å². The molecule has 4 atom stereocenters. The van der Waals surface area contributed by atoms with Crippen LogP contribution in [-0.4, -0.2) is 97.6 Å². The van der Waals surface area contributed by atoms with Crippen molar-refractivity contribution in [3.63, 3.8) is 0 Å². The summed E-state index contributed by atoms with van der Waals surface area (Å²) >= 11 is 6.14. The number of aliphatic carboxylic acids is 1. The average Bonchev–Trinajstić information content (AvgIpc) is 3.26. The Balaban J connectivity index is 1.64. The molecule has 0 aliphatic carbocycles. The first-order chi connectivity index (χ1) is 29.4. The van der Waals surface area contributed by atoms with E-state index >= 15 is 0 Å². The van der Waals surface area contributed by atoms with Crippen LogP contribution in [0.4, 0.5) is 0 Å². The second kappa shape index (κ2) is 22.0. The summed E-state index contributed by atoms with van der Waals surface area (Å²) in [7, 11) is 1.45. The Morgan fingerprint density at radius 1 is 0.836 bits per heavy atom. The monoisotopic (exact) mass is 855 g/mol. The maximum atomic E-state index is 14.8. The minimum absolute atomic E-state index is 0.0877. The number of hydrogen-bond acceptors (Lipinski definition) is 10. The summed E-state index contributed by atoms with van der Waals surface area (Å²) in [4.78, 5) is 71.1. The minimum atomic E-state index is -1.37. The van der Waals surface area contributed by atoms with Gasteiger partial charge in [0.15, 0.2) is 0 Å². The molecule has 1 aliphatic heterocycles. The van der Waals surface area contributed by atoms with E-state index in [0.29, 0.717) is 69.3 Å². The fraction of sp³-hybridized carbons (Fsp3) is 0.356. The zero-order chi connectivity index (χ0) is 44.1. The molecule has 4 bridgehead atoms. The number of nitrogens with two attached hydrogens (primary N) is 3. The highest BCUT2D eigenvalue weighted by Gasteiger charge is 2.37. The van der Waals surface area contributed by atoms with Crippen molar-refractivity contribution in [1.29, 1.82) is 0 Å². The average molecular weight is 856 g/mol. The van der Waals surface area contributed by atoms with Crippen LogP contribution in [0.15, 0.2) is 84.9 Å². The summed E-state index contributed by atoms with van der Waals surface area (Å²) in [6.45, 7) is 2.73. The third kappa shape index (κ3) is 11.6. The number of carbonyl (C=O) groups excluding carboxylic acids is 4. The summed E-state index contributed by atoms with van der Waals surface area (Å²) in [5.41, 5.74) is 21.0. The second-order valence-corrected chi connectivity index (χ2v) is 15.1. The van der Waals surface area contributed by atoms with E-state index < -0.39 is 53.8 Å². The van der Waals surface area contributed by atoms with Gasteiger partial charge in [0, 0.05) is 48.3 Å². The number of benzene rings is 4. The normalized spacial score (nSPS) is 16.9. The van der Waals surface area contributed by atoms with Gasteiger partial charge < -0.3 is 52.6 Å². The first kappa shape index (κ1) is 46.1. The van der Waals surface area contributed by atoms with Crippen molar-refractivity contribution in [3.05, 3.63) is 107 Å². The summed E-state index contributed by atoms with van der Waals surface area (Å²) < 4.78 is 12.1. The molecule has 0 unspecified atom stereocenters. The first-order valence-corrected chi connectivity index (χ1v) is 20.7. The SMILES string of the molecule is CC[C@@H]1NC(=O)[C@@H](N(C)C(=O)[C@H](CCCCN)NC(=O)c2ccccc2-c2ccc(Cl)cc2)c2ccc(OCCN)c(c2)-c2cc(ccc2OCCN)C[C@@H](C(=O)O)NC1=O. The van der Waals surface area contributed by atoms with Crippen LogP contribution in [0.2, 0.25) is 5.02 Å². The molecule has 5 rings (SSSR count). The van der Waals surface area contributed by atoms with Crippen LogP contribution in [-0.2, 0) is 25.6 Å². The number of carboxylic acid groups (broad SMARTS) is 1. The van der Waals surface area contributed by atoms with E-state index in [1.807, 2.05) is 0 Å². The molecule has 0 saturated heterocycles. The van der Waals surface area contributed by atoms with Gasteiger partial charge in [-0.25, -0.2) is 4.79 Å². The Hall–Kier alpha value is -6.00. The van der Waals surface area contributed by atoms with Gasteiger partial charge in [0.1, 0.15) is 48.9 Å². The fourth-order valence-electron chi connectivity index (χ4n) is 7.22. The highest BCUT2D eigenvalue weighted by Crippen LogP contribution is 2.40. The minimum Gasteiger partial charge on any atom is -0.492 e. The van der Waals surface area contributed by atoms with Gasteiger partial charge in [-0.3, -0.25) is 19.2 Å². The number of rotatable bonds is 17. The molecule has 0 radical (unpaired) electrons. The molecule has 15 nitrogen and oxygen atoms in total. The number of amides is 4. The lowest BCUT2D eigenvalue weighted by Gasteiger charge is -2.33. The van der Waals surface area contributed by atoms with Crippen LogP contribution >= 0.6 is 11.6 Å². The molecule has 4 aromatic carbocycles. The van der Waals surface area contributed by atoms with Gasteiger partial charge in [-0.2, -0.15) is 0 Å². The van der Waals surface area contributed by atoms with Gasteiger partial charge >= 0.3 is 5.97 Å². The molecule has 10 N–H and O–H groups in total. The van der Waals surface area contributed by atoms with Gasteiger partial charge in [-0.05, 0) is 96.9 Å². The zero-order valence-electron chi connectivity index (χ0n) is 34.3. The Kier molecular flexibility index (Phi) is 16.6. The van der Waals surface area contributed by atoms with Crippen molar-refractivity contribution in [2.75, 3.05) is 39.9 Å². The number of nitrogens with zero attached hydrogens (tertiary/aromatic N) is 1. The zero-order valence-corrected chi connectivity index (χ0v) is 35.1. The molecule has 16 heteroatoms. The number of unbranched alkanes of at least 4 members (excludes halogenated alkanes) is 1. The lowest BCUT2D eigenvalue weighted by Crippen LogP contribution is -2.55. The van der Waals surface area contributed by atoms with Gasteiger partial charge in [-0.15, -0.1) is 0 Å². The number of ether oxygens (including phenoxy) is 2. The predicted octanol–water partition coefficient (Wildman–Crippen LogP) is 3.80. The second-order valence-electron chi connectivity index (χ2n) is 14.6. The summed E-state index contributed by atoms with van der Waals surface area (Å²) in [6.07, 6.45) is 1.27. The number of nitrogens with one attached hydrogen (secondary N) is 3. The highest BCUT2D eigenvalue weighted by molar-refractivity contribution is 6.30. The number of carboxylic acids is 1. The Labute approximate surface area is 360 Å².